The molecule has 0 aromatic heterocycles. The number of carbonyl (C=O) groups is 1. The lowest BCUT2D eigenvalue weighted by Crippen LogP contribution is -1.94. The van der Waals surface area contributed by atoms with Crippen LogP contribution < -0.4 is 0 Å². The minimum Gasteiger partial charge on any atom is -0.294 e. The summed E-state index contributed by atoms with van der Waals surface area (Å²) in [4.78, 5) is 13.8. The molecule has 80 valence electrons. The van der Waals surface area contributed by atoms with Gasteiger partial charge in [0.2, 0.25) is 0 Å². The molecule has 0 bridgehead atoms. The van der Waals surface area contributed by atoms with Crippen molar-refractivity contribution < 1.29 is 13.9 Å². The Hall–Kier alpha value is -1.94. The average Bonchev–Trinajstić information content (AvgIpc) is 2.32. The number of azide groups is 1. The second-order valence-corrected chi connectivity index (χ2v) is 2.51. The van der Waals surface area contributed by atoms with Crippen LogP contribution in [0, 0.1) is 0 Å². The summed E-state index contributed by atoms with van der Waals surface area (Å²) in [6.45, 7) is 1.81. The Kier molecular flexibility index (Phi) is 6.50. The minimum absolute atomic E-state index is 0.0903. The Morgan fingerprint density at radius 3 is 2.33 bits per heavy atom. The van der Waals surface area contributed by atoms with Crippen molar-refractivity contribution in [2.45, 2.75) is 13.3 Å². The van der Waals surface area contributed by atoms with Crippen molar-refractivity contribution in [3.05, 3.63) is 40.3 Å². The van der Waals surface area contributed by atoms with E-state index in [1.54, 1.807) is 24.3 Å². The molecule has 0 atom stereocenters. The molecule has 0 amide bonds. The van der Waals surface area contributed by atoms with Crippen molar-refractivity contribution in [2.24, 2.45) is 5.11 Å². The fourth-order valence-corrected chi connectivity index (χ4v) is 0.970. The fraction of sp³-hybridized carbons (Fsp3) is 0.222. The maximum Gasteiger partial charge on any atom is 0.162 e. The fourth-order valence-electron chi connectivity index (χ4n) is 0.970. The smallest absolute Gasteiger partial charge is 0.162 e. The Bertz CT molecular complexity index is 358. The van der Waals surface area contributed by atoms with Gasteiger partial charge in [0.25, 0.3) is 0 Å². The molecule has 1 aromatic carbocycles. The van der Waals surface area contributed by atoms with Gasteiger partial charge in [0.1, 0.15) is 0 Å². The Morgan fingerprint density at radius 2 is 1.93 bits per heavy atom. The Balaban J connectivity index is 0.000000921. The third kappa shape index (κ3) is 4.19. The van der Waals surface area contributed by atoms with Gasteiger partial charge in [-0.1, -0.05) is 36.3 Å². The molecule has 6 heteroatoms. The van der Waals surface area contributed by atoms with E-state index in [0.29, 0.717) is 17.7 Å². The van der Waals surface area contributed by atoms with Crippen LogP contribution in [0.25, 0.3) is 10.4 Å². The maximum atomic E-state index is 11.2. The van der Waals surface area contributed by atoms with Gasteiger partial charge in [0, 0.05) is 31.7 Å². The summed E-state index contributed by atoms with van der Waals surface area (Å²) in [5.74, 6) is 0.0903. The van der Waals surface area contributed by atoms with Crippen LogP contribution in [-0.2, 0) is 0 Å². The van der Waals surface area contributed by atoms with Crippen molar-refractivity contribution in [1.82, 2.24) is 0 Å². The van der Waals surface area contributed by atoms with Crippen LogP contribution in [0.15, 0.2) is 29.4 Å². The average molecular weight is 213 g/mol. The lowest BCUT2D eigenvalue weighted by atomic mass is 10.1. The Morgan fingerprint density at radius 1 is 1.40 bits per heavy atom. The monoisotopic (exact) mass is 213 g/mol. The van der Waals surface area contributed by atoms with E-state index in [1.807, 2.05) is 6.92 Å². The number of ketones is 1. The topological polar surface area (TPSA) is 65.8 Å². The van der Waals surface area contributed by atoms with Crippen molar-refractivity contribution >= 4 is 11.5 Å². The lowest BCUT2D eigenvalue weighted by molar-refractivity contribution is 0.0988. The second-order valence-electron chi connectivity index (χ2n) is 2.51. The number of halogens is 2. The largest absolute Gasteiger partial charge is 0.294 e. The van der Waals surface area contributed by atoms with E-state index in [4.69, 9.17) is 14.7 Å². The first-order valence-electron chi connectivity index (χ1n) is 4.10. The van der Waals surface area contributed by atoms with Gasteiger partial charge in [0.05, 0.1) is 0 Å². The standard InChI is InChI=1S/C9H9N3O.F2/c1-2-9(13)7-3-5-8(6-4-7)11-12-10;1-2/h3-6H,2H2,1H3;. The highest BCUT2D eigenvalue weighted by molar-refractivity contribution is 5.96. The van der Waals surface area contributed by atoms with Gasteiger partial charge in [0.15, 0.2) is 5.78 Å². The zero-order valence-corrected chi connectivity index (χ0v) is 8.02. The highest BCUT2D eigenvalue weighted by Crippen LogP contribution is 2.13. The molecule has 0 radical (unpaired) electrons. The molecular weight excluding hydrogens is 204 g/mol. The molecular formula is C9H9F2N3O. The van der Waals surface area contributed by atoms with Crippen LogP contribution in [0.5, 0.6) is 0 Å². The van der Waals surface area contributed by atoms with Gasteiger partial charge in [-0.05, 0) is 5.53 Å². The van der Waals surface area contributed by atoms with Crippen molar-refractivity contribution in [2.75, 3.05) is 0 Å². The van der Waals surface area contributed by atoms with Crippen LogP contribution in [0.4, 0.5) is 14.8 Å². The summed E-state index contributed by atoms with van der Waals surface area (Å²) in [7, 11) is 0. The predicted molar refractivity (Wildman–Crippen MR) is 52.1 cm³/mol. The van der Waals surface area contributed by atoms with Gasteiger partial charge >= 0.3 is 0 Å². The van der Waals surface area contributed by atoms with Crippen LogP contribution >= 0.6 is 0 Å². The number of Topliss-reactive ketones (excluding diaryl/α,β-unsaturated/α-hetero) is 1. The van der Waals surface area contributed by atoms with Gasteiger partial charge < -0.3 is 0 Å². The molecule has 0 unspecified atom stereocenters. The molecule has 0 heterocycles. The van der Waals surface area contributed by atoms with E-state index >= 15 is 0 Å². The first-order chi connectivity index (χ1) is 7.27. The molecule has 15 heavy (non-hydrogen) atoms. The molecule has 0 aliphatic rings. The van der Waals surface area contributed by atoms with Crippen molar-refractivity contribution in [3.63, 3.8) is 0 Å². The molecule has 1 rings (SSSR count). The molecule has 4 nitrogen and oxygen atoms in total. The number of nitrogens with zero attached hydrogens (tertiary/aromatic N) is 3. The quantitative estimate of drug-likeness (QED) is 0.323. The summed E-state index contributed by atoms with van der Waals surface area (Å²) >= 11 is 0. The number of hydrogen-bond donors (Lipinski definition) is 0. The summed E-state index contributed by atoms with van der Waals surface area (Å²) in [5, 5.41) is 3.40. The molecule has 0 fully saturated rings. The third-order valence-corrected chi connectivity index (χ3v) is 1.67. The highest BCUT2D eigenvalue weighted by Gasteiger charge is 2.00. The van der Waals surface area contributed by atoms with E-state index < -0.39 is 0 Å². The summed E-state index contributed by atoms with van der Waals surface area (Å²) in [6.07, 6.45) is 0.487. The predicted octanol–water partition coefficient (Wildman–Crippen LogP) is 4.06. The zero-order valence-electron chi connectivity index (χ0n) is 8.02. The molecule has 1 aromatic rings. The zero-order chi connectivity index (χ0) is 11.7. The Labute approximate surface area is 85.0 Å². The first kappa shape index (κ1) is 13.1. The molecule has 0 aliphatic carbocycles. The van der Waals surface area contributed by atoms with Crippen LogP contribution in [0.3, 0.4) is 0 Å². The SMILES string of the molecule is CCC(=O)c1ccc(N=[N+]=[N-])cc1.FF. The normalized spacial score (nSPS) is 8.20. The van der Waals surface area contributed by atoms with Crippen molar-refractivity contribution in [3.8, 4) is 0 Å². The number of hydrogen-bond acceptors (Lipinski definition) is 2. The number of rotatable bonds is 3. The van der Waals surface area contributed by atoms with Crippen LogP contribution in [0.2, 0.25) is 0 Å². The van der Waals surface area contributed by atoms with Gasteiger partial charge in [-0.2, -0.15) is 0 Å². The van der Waals surface area contributed by atoms with Gasteiger partial charge in [-0.3, -0.25) is 4.79 Å². The maximum absolute atomic E-state index is 11.2. The lowest BCUT2D eigenvalue weighted by Gasteiger charge is -1.96. The minimum atomic E-state index is 0.0903. The number of carbonyl (C=O) groups excluding carboxylic acids is 1. The molecule has 0 aliphatic heterocycles. The van der Waals surface area contributed by atoms with Crippen molar-refractivity contribution in [1.29, 1.82) is 0 Å². The van der Waals surface area contributed by atoms with E-state index in [2.05, 4.69) is 10.0 Å². The first-order valence-corrected chi connectivity index (χ1v) is 4.10. The molecule has 0 N–H and O–H groups in total. The summed E-state index contributed by atoms with van der Waals surface area (Å²) in [6, 6.07) is 6.58. The van der Waals surface area contributed by atoms with Crippen LogP contribution in [0.1, 0.15) is 23.7 Å². The second kappa shape index (κ2) is 7.46. The highest BCUT2D eigenvalue weighted by atomic mass is 20.0. The van der Waals surface area contributed by atoms with E-state index in [-0.39, 0.29) is 5.78 Å². The van der Waals surface area contributed by atoms with E-state index in [0.717, 1.165) is 0 Å². The molecule has 0 spiro atoms. The van der Waals surface area contributed by atoms with Gasteiger partial charge in [-0.15, -0.1) is 0 Å². The number of benzene rings is 1. The molecule has 0 saturated heterocycles. The summed E-state index contributed by atoms with van der Waals surface area (Å²) < 4.78 is 16.0. The van der Waals surface area contributed by atoms with Crippen LogP contribution in [-0.4, -0.2) is 5.78 Å². The third-order valence-electron chi connectivity index (χ3n) is 1.67. The van der Waals surface area contributed by atoms with E-state index in [9.17, 15) is 4.79 Å². The van der Waals surface area contributed by atoms with E-state index in [1.165, 1.54) is 0 Å². The van der Waals surface area contributed by atoms with Gasteiger partial charge in [-0.25, -0.2) is 0 Å². The summed E-state index contributed by atoms with van der Waals surface area (Å²) in [5.41, 5.74) is 9.31. The molecule has 0 saturated carbocycles.